The quantitative estimate of drug-likeness (QED) is 0.779. The lowest BCUT2D eigenvalue weighted by Gasteiger charge is -2.40. The Bertz CT molecular complexity index is 373. The summed E-state index contributed by atoms with van der Waals surface area (Å²) >= 11 is 0. The lowest BCUT2D eigenvalue weighted by Crippen LogP contribution is -2.52. The molecule has 5 nitrogen and oxygen atoms in total. The molecule has 0 spiro atoms. The fourth-order valence-electron chi connectivity index (χ4n) is 2.33. The molecule has 3 N–H and O–H groups in total. The molecule has 0 aromatic rings. The predicted molar refractivity (Wildman–Crippen MR) is 75.4 cm³/mol. The number of carbonyl (C=O) groups excluding carboxylic acids is 1. The molecule has 0 radical (unpaired) electrons. The molecular formula is C14H25F3N2O3. The maximum atomic E-state index is 13.2. The average Bonchev–Trinajstić information content (AvgIpc) is 2.33. The predicted octanol–water partition coefficient (Wildman–Crippen LogP) is 2.73. The number of alkyl halides is 3. The molecule has 0 aliphatic heterocycles. The van der Waals surface area contributed by atoms with Gasteiger partial charge in [0.1, 0.15) is 6.61 Å². The summed E-state index contributed by atoms with van der Waals surface area (Å²) in [5.74, 6) is 0. The smallest absolute Gasteiger partial charge is 0.417 e. The van der Waals surface area contributed by atoms with E-state index in [2.05, 4.69) is 5.32 Å². The Kier molecular flexibility index (Phi) is 6.09. The van der Waals surface area contributed by atoms with Gasteiger partial charge < -0.3 is 20.5 Å². The normalized spacial score (nSPS) is 26.6. The van der Waals surface area contributed by atoms with Crippen molar-refractivity contribution in [1.29, 1.82) is 0 Å². The Morgan fingerprint density at radius 2 is 1.77 bits per heavy atom. The number of rotatable bonds is 4. The van der Waals surface area contributed by atoms with Crippen LogP contribution in [0.15, 0.2) is 0 Å². The molecule has 1 fully saturated rings. The second-order valence-electron chi connectivity index (χ2n) is 6.69. The third kappa shape index (κ3) is 5.64. The zero-order chi connectivity index (χ0) is 17.0. The number of ether oxygens (including phenoxy) is 2. The molecule has 22 heavy (non-hydrogen) atoms. The standard InChI is InChI=1S/C14H25F3N2O3/c1-12(2,3)19-11(20)21-8-9-22-13(14(15,16)17)6-4-10(18)5-7-13/h10H,4-9,18H2,1-3H3,(H,19,20). The minimum absolute atomic E-state index is 0.161. The van der Waals surface area contributed by atoms with Gasteiger partial charge in [-0.05, 0) is 46.5 Å². The van der Waals surface area contributed by atoms with Crippen LogP contribution in [0.2, 0.25) is 0 Å². The summed E-state index contributed by atoms with van der Waals surface area (Å²) in [5.41, 5.74) is 3.01. The summed E-state index contributed by atoms with van der Waals surface area (Å²) in [6, 6.07) is -0.215. The zero-order valence-electron chi connectivity index (χ0n) is 13.3. The van der Waals surface area contributed by atoms with E-state index in [0.29, 0.717) is 0 Å². The van der Waals surface area contributed by atoms with Crippen molar-refractivity contribution in [1.82, 2.24) is 5.32 Å². The van der Waals surface area contributed by atoms with Crippen molar-refractivity contribution in [3.05, 3.63) is 0 Å². The number of alkyl carbamates (subject to hydrolysis) is 1. The summed E-state index contributed by atoms with van der Waals surface area (Å²) in [4.78, 5) is 11.4. The van der Waals surface area contributed by atoms with E-state index < -0.39 is 23.4 Å². The van der Waals surface area contributed by atoms with Gasteiger partial charge in [-0.3, -0.25) is 0 Å². The van der Waals surface area contributed by atoms with Crippen molar-refractivity contribution in [2.45, 2.75) is 69.8 Å². The van der Waals surface area contributed by atoms with E-state index in [0.717, 1.165) is 0 Å². The minimum atomic E-state index is -4.46. The Labute approximate surface area is 128 Å². The van der Waals surface area contributed by atoms with Crippen LogP contribution in [-0.4, -0.2) is 42.7 Å². The molecule has 0 aromatic heterocycles. The van der Waals surface area contributed by atoms with E-state index in [1.165, 1.54) is 0 Å². The third-order valence-corrected chi connectivity index (χ3v) is 3.53. The Morgan fingerprint density at radius 3 is 2.23 bits per heavy atom. The van der Waals surface area contributed by atoms with Gasteiger partial charge in [-0.25, -0.2) is 4.79 Å². The van der Waals surface area contributed by atoms with E-state index in [-0.39, 0.29) is 44.9 Å². The second kappa shape index (κ2) is 7.04. The molecule has 0 atom stereocenters. The van der Waals surface area contributed by atoms with Crippen LogP contribution in [0.3, 0.4) is 0 Å². The summed E-state index contributed by atoms with van der Waals surface area (Å²) in [7, 11) is 0. The van der Waals surface area contributed by atoms with Crippen LogP contribution in [-0.2, 0) is 9.47 Å². The lowest BCUT2D eigenvalue weighted by atomic mass is 9.81. The van der Waals surface area contributed by atoms with Gasteiger partial charge in [-0.15, -0.1) is 0 Å². The number of halogens is 3. The topological polar surface area (TPSA) is 73.6 Å². The van der Waals surface area contributed by atoms with Crippen LogP contribution in [0.5, 0.6) is 0 Å². The number of nitrogens with one attached hydrogen (secondary N) is 1. The summed E-state index contributed by atoms with van der Waals surface area (Å²) in [5, 5.41) is 2.55. The zero-order valence-corrected chi connectivity index (χ0v) is 13.3. The van der Waals surface area contributed by atoms with Gasteiger partial charge in [0.15, 0.2) is 5.60 Å². The number of nitrogens with two attached hydrogens (primary N) is 1. The first-order valence-corrected chi connectivity index (χ1v) is 7.36. The largest absolute Gasteiger partial charge is 0.447 e. The molecule has 1 saturated carbocycles. The van der Waals surface area contributed by atoms with Gasteiger partial charge in [-0.1, -0.05) is 0 Å². The highest BCUT2D eigenvalue weighted by Gasteiger charge is 2.56. The van der Waals surface area contributed by atoms with Gasteiger partial charge in [0.25, 0.3) is 0 Å². The van der Waals surface area contributed by atoms with Crippen molar-refractivity contribution >= 4 is 6.09 Å². The molecule has 0 heterocycles. The van der Waals surface area contributed by atoms with Crippen LogP contribution >= 0.6 is 0 Å². The molecule has 8 heteroatoms. The molecular weight excluding hydrogens is 301 g/mol. The van der Waals surface area contributed by atoms with Crippen molar-refractivity contribution in [2.75, 3.05) is 13.2 Å². The first kappa shape index (κ1) is 19.0. The van der Waals surface area contributed by atoms with E-state index in [1.54, 1.807) is 20.8 Å². The molecule has 0 bridgehead atoms. The second-order valence-corrected chi connectivity index (χ2v) is 6.69. The van der Waals surface area contributed by atoms with Gasteiger partial charge >= 0.3 is 12.3 Å². The SMILES string of the molecule is CC(C)(C)NC(=O)OCCOC1(C(F)(F)F)CCC(N)CC1. The van der Waals surface area contributed by atoms with Gasteiger partial charge in [-0.2, -0.15) is 13.2 Å². The number of hydrogen-bond donors (Lipinski definition) is 2. The van der Waals surface area contributed by atoms with Crippen molar-refractivity contribution in [2.24, 2.45) is 5.73 Å². The van der Waals surface area contributed by atoms with Crippen molar-refractivity contribution < 1.29 is 27.4 Å². The summed E-state index contributed by atoms with van der Waals surface area (Å²) in [6.45, 7) is 4.79. The van der Waals surface area contributed by atoms with Crippen LogP contribution in [0.25, 0.3) is 0 Å². The first-order valence-electron chi connectivity index (χ1n) is 7.36. The highest BCUT2D eigenvalue weighted by Crippen LogP contribution is 2.44. The van der Waals surface area contributed by atoms with Crippen LogP contribution in [0.4, 0.5) is 18.0 Å². The monoisotopic (exact) mass is 326 g/mol. The lowest BCUT2D eigenvalue weighted by molar-refractivity contribution is -0.289. The number of hydrogen-bond acceptors (Lipinski definition) is 4. The Morgan fingerprint density at radius 1 is 1.23 bits per heavy atom. The highest BCUT2D eigenvalue weighted by molar-refractivity contribution is 5.67. The van der Waals surface area contributed by atoms with Gasteiger partial charge in [0.2, 0.25) is 0 Å². The third-order valence-electron chi connectivity index (χ3n) is 3.53. The molecule has 1 rings (SSSR count). The summed E-state index contributed by atoms with van der Waals surface area (Å²) < 4.78 is 49.6. The molecule has 1 amide bonds. The van der Waals surface area contributed by atoms with Crippen molar-refractivity contribution in [3.63, 3.8) is 0 Å². The van der Waals surface area contributed by atoms with E-state index in [1.807, 2.05) is 0 Å². The molecule has 0 aromatic carbocycles. The first-order chi connectivity index (χ1) is 9.95. The highest BCUT2D eigenvalue weighted by atomic mass is 19.4. The fourth-order valence-corrected chi connectivity index (χ4v) is 2.33. The molecule has 0 saturated heterocycles. The van der Waals surface area contributed by atoms with Crippen molar-refractivity contribution in [3.8, 4) is 0 Å². The molecule has 130 valence electrons. The van der Waals surface area contributed by atoms with E-state index in [9.17, 15) is 18.0 Å². The van der Waals surface area contributed by atoms with Gasteiger partial charge in [0, 0.05) is 11.6 Å². The maximum absolute atomic E-state index is 13.2. The van der Waals surface area contributed by atoms with Crippen LogP contribution < -0.4 is 11.1 Å². The molecule has 0 unspecified atom stereocenters. The maximum Gasteiger partial charge on any atom is 0.417 e. The van der Waals surface area contributed by atoms with Crippen LogP contribution in [0, 0.1) is 0 Å². The Balaban J connectivity index is 2.44. The van der Waals surface area contributed by atoms with Gasteiger partial charge in [0.05, 0.1) is 6.61 Å². The summed E-state index contributed by atoms with van der Waals surface area (Å²) in [6.07, 6.45) is -4.92. The Hall–Kier alpha value is -1.02. The minimum Gasteiger partial charge on any atom is -0.447 e. The fraction of sp³-hybridized carbons (Fsp3) is 0.929. The number of amides is 1. The molecule has 1 aliphatic carbocycles. The van der Waals surface area contributed by atoms with E-state index in [4.69, 9.17) is 15.2 Å². The van der Waals surface area contributed by atoms with Crippen LogP contribution in [0.1, 0.15) is 46.5 Å². The van der Waals surface area contributed by atoms with E-state index >= 15 is 0 Å². The average molecular weight is 326 g/mol. The number of carbonyl (C=O) groups is 1. The molecule has 1 aliphatic rings.